The predicted molar refractivity (Wildman–Crippen MR) is 114 cm³/mol. The van der Waals surface area contributed by atoms with Gasteiger partial charge in [0, 0.05) is 28.4 Å². The maximum atomic E-state index is 13.8. The van der Waals surface area contributed by atoms with Crippen molar-refractivity contribution in [3.63, 3.8) is 0 Å². The van der Waals surface area contributed by atoms with Gasteiger partial charge in [-0.05, 0) is 48.9 Å². The van der Waals surface area contributed by atoms with Gasteiger partial charge in [-0.1, -0.05) is 36.4 Å². The average molecular weight is 383 g/mol. The lowest BCUT2D eigenvalue weighted by Crippen LogP contribution is -2.14. The Morgan fingerprint density at radius 3 is 2.55 bits per heavy atom. The first-order valence-corrected chi connectivity index (χ1v) is 9.31. The van der Waals surface area contributed by atoms with Crippen molar-refractivity contribution in [3.05, 3.63) is 83.7 Å². The van der Waals surface area contributed by atoms with E-state index in [1.165, 1.54) is 24.3 Å². The molecule has 0 bridgehead atoms. The van der Waals surface area contributed by atoms with Gasteiger partial charge in [0.2, 0.25) is 0 Å². The van der Waals surface area contributed by atoms with E-state index in [0.717, 1.165) is 33.9 Å². The van der Waals surface area contributed by atoms with E-state index in [1.807, 2.05) is 36.4 Å². The van der Waals surface area contributed by atoms with Crippen LogP contribution in [-0.2, 0) is 11.3 Å². The molecular weight excluding hydrogens is 365 g/mol. The number of nitrogens with one attached hydrogen (secondary N) is 1. The molecule has 1 amide bonds. The van der Waals surface area contributed by atoms with Crippen molar-refractivity contribution in [1.82, 2.24) is 4.57 Å². The van der Waals surface area contributed by atoms with Gasteiger partial charge in [0.05, 0.1) is 5.69 Å². The van der Waals surface area contributed by atoms with Crippen molar-refractivity contribution < 1.29 is 9.18 Å². The molecule has 1 N–H and O–H groups in total. The van der Waals surface area contributed by atoms with Crippen LogP contribution >= 0.6 is 0 Å². The molecule has 3 aromatic carbocycles. The average Bonchev–Trinajstić information content (AvgIpc) is 3.06. The Bertz CT molecular complexity index is 1310. The van der Waals surface area contributed by atoms with E-state index in [2.05, 4.69) is 28.9 Å². The predicted octanol–water partition coefficient (Wildman–Crippen LogP) is 5.50. The quantitative estimate of drug-likeness (QED) is 0.374. The number of aromatic nitrogens is 1. The lowest BCUT2D eigenvalue weighted by atomic mass is 10.1. The van der Waals surface area contributed by atoms with Gasteiger partial charge in [0.1, 0.15) is 17.5 Å². The molecule has 0 aliphatic heterocycles. The molecule has 0 atom stereocenters. The highest BCUT2D eigenvalue weighted by atomic mass is 19.1. The summed E-state index contributed by atoms with van der Waals surface area (Å²) >= 11 is 0. The molecule has 0 spiro atoms. The molecule has 0 saturated heterocycles. The Hall–Kier alpha value is -3.91. The first-order valence-electron chi connectivity index (χ1n) is 9.31. The standard InChI is InChI=1S/C24H18FN3O/c1-2-28-22-10-6-3-7-18(22)19-14-16(11-12-23(19)28)13-17(15-26)24(29)27-21-9-5-4-8-20(21)25/h3-14H,2H2,1H3,(H,27,29)/b17-13+. The molecule has 0 saturated carbocycles. The Labute approximate surface area is 167 Å². The molecule has 4 aromatic rings. The van der Waals surface area contributed by atoms with Crippen LogP contribution in [0.2, 0.25) is 0 Å². The first kappa shape index (κ1) is 18.5. The zero-order valence-electron chi connectivity index (χ0n) is 15.8. The fourth-order valence-electron chi connectivity index (χ4n) is 3.57. The van der Waals surface area contributed by atoms with Crippen LogP contribution in [0, 0.1) is 17.1 Å². The molecule has 0 aliphatic rings. The highest BCUT2D eigenvalue weighted by Gasteiger charge is 2.13. The lowest BCUT2D eigenvalue weighted by Gasteiger charge is -2.05. The van der Waals surface area contributed by atoms with Gasteiger partial charge in [0.15, 0.2) is 0 Å². The second-order valence-electron chi connectivity index (χ2n) is 6.64. The fraction of sp³-hybridized carbons (Fsp3) is 0.0833. The van der Waals surface area contributed by atoms with E-state index in [4.69, 9.17) is 0 Å². The summed E-state index contributed by atoms with van der Waals surface area (Å²) < 4.78 is 16.0. The fourth-order valence-corrected chi connectivity index (χ4v) is 3.57. The number of amides is 1. The maximum Gasteiger partial charge on any atom is 0.266 e. The van der Waals surface area contributed by atoms with Crippen molar-refractivity contribution in [2.75, 3.05) is 5.32 Å². The van der Waals surface area contributed by atoms with Gasteiger partial charge in [-0.3, -0.25) is 4.79 Å². The summed E-state index contributed by atoms with van der Waals surface area (Å²) in [6, 6.07) is 21.8. The van der Waals surface area contributed by atoms with E-state index in [9.17, 15) is 14.4 Å². The summed E-state index contributed by atoms with van der Waals surface area (Å²) in [5, 5.41) is 14.1. The zero-order valence-corrected chi connectivity index (χ0v) is 15.8. The van der Waals surface area contributed by atoms with Crippen molar-refractivity contribution in [3.8, 4) is 6.07 Å². The van der Waals surface area contributed by atoms with Gasteiger partial charge in [-0.25, -0.2) is 4.39 Å². The topological polar surface area (TPSA) is 57.8 Å². The normalized spacial score (nSPS) is 11.6. The van der Waals surface area contributed by atoms with Crippen LogP contribution in [-0.4, -0.2) is 10.5 Å². The second kappa shape index (κ2) is 7.61. The number of anilines is 1. The summed E-state index contributed by atoms with van der Waals surface area (Å²) in [6.45, 7) is 2.94. The minimum Gasteiger partial charge on any atom is -0.341 e. The summed E-state index contributed by atoms with van der Waals surface area (Å²) in [5.74, 6) is -1.19. The van der Waals surface area contributed by atoms with E-state index in [-0.39, 0.29) is 11.3 Å². The van der Waals surface area contributed by atoms with E-state index in [1.54, 1.807) is 6.07 Å². The molecule has 0 radical (unpaired) electrons. The SMILES string of the molecule is CCn1c2ccccc2c2cc(/C=C(\C#N)C(=O)Nc3ccccc3F)ccc21. The highest BCUT2D eigenvalue weighted by molar-refractivity contribution is 6.11. The zero-order chi connectivity index (χ0) is 20.4. The Morgan fingerprint density at radius 1 is 1.07 bits per heavy atom. The van der Waals surface area contributed by atoms with Crippen LogP contribution in [0.1, 0.15) is 12.5 Å². The highest BCUT2D eigenvalue weighted by Crippen LogP contribution is 2.30. The Kier molecular flexibility index (Phi) is 4.84. The smallest absolute Gasteiger partial charge is 0.266 e. The van der Waals surface area contributed by atoms with Crippen LogP contribution < -0.4 is 5.32 Å². The van der Waals surface area contributed by atoms with Crippen LogP contribution in [0.15, 0.2) is 72.3 Å². The third-order valence-electron chi connectivity index (χ3n) is 4.91. The summed E-state index contributed by atoms with van der Waals surface area (Å²) in [5.41, 5.74) is 2.92. The maximum absolute atomic E-state index is 13.8. The molecule has 4 rings (SSSR count). The van der Waals surface area contributed by atoms with Crippen molar-refractivity contribution in [2.45, 2.75) is 13.5 Å². The Morgan fingerprint density at radius 2 is 1.79 bits per heavy atom. The van der Waals surface area contributed by atoms with Crippen molar-refractivity contribution in [2.24, 2.45) is 0 Å². The summed E-state index contributed by atoms with van der Waals surface area (Å²) in [6.07, 6.45) is 1.52. The van der Waals surface area contributed by atoms with Crippen LogP contribution in [0.3, 0.4) is 0 Å². The van der Waals surface area contributed by atoms with Crippen molar-refractivity contribution >= 4 is 39.5 Å². The molecule has 1 heterocycles. The molecule has 0 unspecified atom stereocenters. The van der Waals surface area contributed by atoms with E-state index < -0.39 is 11.7 Å². The Balaban J connectivity index is 1.74. The number of aryl methyl sites for hydroxylation is 1. The first-order chi connectivity index (χ1) is 14.1. The van der Waals surface area contributed by atoms with E-state index >= 15 is 0 Å². The number of nitrogens with zero attached hydrogens (tertiary/aromatic N) is 2. The number of fused-ring (bicyclic) bond motifs is 3. The lowest BCUT2D eigenvalue weighted by molar-refractivity contribution is -0.112. The number of rotatable bonds is 4. The minimum absolute atomic E-state index is 0.0418. The van der Waals surface area contributed by atoms with Gasteiger partial charge in [-0.15, -0.1) is 0 Å². The molecule has 4 nitrogen and oxygen atoms in total. The molecular formula is C24H18FN3O. The number of para-hydroxylation sites is 2. The van der Waals surface area contributed by atoms with Gasteiger partial charge >= 0.3 is 0 Å². The molecule has 0 fully saturated rings. The molecule has 29 heavy (non-hydrogen) atoms. The summed E-state index contributed by atoms with van der Waals surface area (Å²) in [7, 11) is 0. The number of benzene rings is 3. The third kappa shape index (κ3) is 3.37. The van der Waals surface area contributed by atoms with Crippen LogP contribution in [0.5, 0.6) is 0 Å². The van der Waals surface area contributed by atoms with E-state index in [0.29, 0.717) is 0 Å². The number of hydrogen-bond acceptors (Lipinski definition) is 2. The third-order valence-corrected chi connectivity index (χ3v) is 4.91. The monoisotopic (exact) mass is 383 g/mol. The molecule has 142 valence electrons. The van der Waals surface area contributed by atoms with Gasteiger partial charge in [0.25, 0.3) is 5.91 Å². The summed E-state index contributed by atoms with van der Waals surface area (Å²) in [4.78, 5) is 12.5. The number of hydrogen-bond donors (Lipinski definition) is 1. The number of halogens is 1. The largest absolute Gasteiger partial charge is 0.341 e. The molecule has 1 aromatic heterocycles. The number of carbonyl (C=O) groups excluding carboxylic acids is 1. The second-order valence-corrected chi connectivity index (χ2v) is 6.64. The number of nitriles is 1. The van der Waals surface area contributed by atoms with Crippen LogP contribution in [0.4, 0.5) is 10.1 Å². The van der Waals surface area contributed by atoms with Crippen LogP contribution in [0.25, 0.3) is 27.9 Å². The molecule has 5 heteroatoms. The van der Waals surface area contributed by atoms with Gasteiger partial charge in [-0.2, -0.15) is 5.26 Å². The van der Waals surface area contributed by atoms with Gasteiger partial charge < -0.3 is 9.88 Å². The minimum atomic E-state index is -0.645. The molecule has 0 aliphatic carbocycles. The van der Waals surface area contributed by atoms with Crippen molar-refractivity contribution in [1.29, 1.82) is 5.26 Å². The number of carbonyl (C=O) groups is 1.